The van der Waals surface area contributed by atoms with Crippen molar-refractivity contribution in [2.45, 2.75) is 30.7 Å². The summed E-state index contributed by atoms with van der Waals surface area (Å²) in [6.45, 7) is 2.13. The molecule has 7 heteroatoms. The molecular formula is C16H23N3O3S. The highest BCUT2D eigenvalue weighted by atomic mass is 32.2. The molecule has 0 spiro atoms. The largest absolute Gasteiger partial charge is 0.351 e. The van der Waals surface area contributed by atoms with Gasteiger partial charge in [-0.1, -0.05) is 18.6 Å². The summed E-state index contributed by atoms with van der Waals surface area (Å²) in [5, 5.41) is 6.37. The van der Waals surface area contributed by atoms with Gasteiger partial charge in [0.25, 0.3) is 0 Å². The molecule has 23 heavy (non-hydrogen) atoms. The zero-order chi connectivity index (χ0) is 16.5. The number of hydrogen-bond donors (Lipinski definition) is 3. The van der Waals surface area contributed by atoms with Crippen LogP contribution in [0.3, 0.4) is 0 Å². The van der Waals surface area contributed by atoms with Gasteiger partial charge in [-0.2, -0.15) is 0 Å². The fourth-order valence-electron chi connectivity index (χ4n) is 3.79. The summed E-state index contributed by atoms with van der Waals surface area (Å²) in [6.07, 6.45) is 3.20. The second kappa shape index (κ2) is 6.22. The van der Waals surface area contributed by atoms with Crippen LogP contribution in [0.15, 0.2) is 29.2 Å². The number of fused-ring (bicyclic) bond motifs is 1. The molecule has 0 bridgehead atoms. The molecule has 2 aliphatic rings. The molecule has 1 aromatic rings. The van der Waals surface area contributed by atoms with Crippen molar-refractivity contribution >= 4 is 15.9 Å². The molecule has 1 aliphatic carbocycles. The Labute approximate surface area is 137 Å². The van der Waals surface area contributed by atoms with Gasteiger partial charge in [0.1, 0.15) is 0 Å². The van der Waals surface area contributed by atoms with Crippen molar-refractivity contribution in [2.24, 2.45) is 11.3 Å². The van der Waals surface area contributed by atoms with Crippen molar-refractivity contribution in [3.05, 3.63) is 29.8 Å². The molecule has 6 nitrogen and oxygen atoms in total. The van der Waals surface area contributed by atoms with Crippen molar-refractivity contribution in [2.75, 3.05) is 20.1 Å². The number of rotatable bonds is 5. The Morgan fingerprint density at radius 2 is 2.09 bits per heavy atom. The van der Waals surface area contributed by atoms with Gasteiger partial charge < -0.3 is 10.6 Å². The van der Waals surface area contributed by atoms with Gasteiger partial charge in [0.15, 0.2) is 0 Å². The Kier molecular flexibility index (Phi) is 4.44. The fraction of sp³-hybridized carbons (Fsp3) is 0.562. The summed E-state index contributed by atoms with van der Waals surface area (Å²) in [7, 11) is -2.03. The van der Waals surface area contributed by atoms with E-state index >= 15 is 0 Å². The van der Waals surface area contributed by atoms with Crippen LogP contribution in [0.2, 0.25) is 0 Å². The quantitative estimate of drug-likeness (QED) is 0.734. The van der Waals surface area contributed by atoms with E-state index in [0.29, 0.717) is 12.5 Å². The number of carbonyl (C=O) groups is 1. The second-order valence-corrected chi connectivity index (χ2v) is 8.30. The summed E-state index contributed by atoms with van der Waals surface area (Å²) in [5.74, 6) is 0.572. The molecule has 2 atom stereocenters. The zero-order valence-electron chi connectivity index (χ0n) is 13.3. The van der Waals surface area contributed by atoms with Gasteiger partial charge >= 0.3 is 0 Å². The predicted molar refractivity (Wildman–Crippen MR) is 87.2 cm³/mol. The molecule has 0 radical (unpaired) electrons. The average Bonchev–Trinajstić information content (AvgIpc) is 3.13. The minimum atomic E-state index is -3.42. The van der Waals surface area contributed by atoms with Crippen molar-refractivity contribution in [3.63, 3.8) is 0 Å². The summed E-state index contributed by atoms with van der Waals surface area (Å²) in [5.41, 5.74) is 0.653. The number of nitrogens with one attached hydrogen (secondary N) is 3. The van der Waals surface area contributed by atoms with Gasteiger partial charge in [-0.3, -0.25) is 4.79 Å². The van der Waals surface area contributed by atoms with Gasteiger partial charge in [-0.25, -0.2) is 13.1 Å². The molecule has 1 saturated carbocycles. The first-order valence-electron chi connectivity index (χ1n) is 7.99. The molecule has 2 fully saturated rings. The van der Waals surface area contributed by atoms with E-state index in [0.717, 1.165) is 37.9 Å². The Balaban J connectivity index is 1.63. The van der Waals surface area contributed by atoms with Crippen LogP contribution in [0, 0.1) is 11.3 Å². The van der Waals surface area contributed by atoms with Crippen molar-refractivity contribution in [3.8, 4) is 0 Å². The summed E-state index contributed by atoms with van der Waals surface area (Å²) >= 11 is 0. The van der Waals surface area contributed by atoms with E-state index in [1.54, 1.807) is 24.3 Å². The maximum absolute atomic E-state index is 12.6. The van der Waals surface area contributed by atoms with Crippen LogP contribution >= 0.6 is 0 Å². The summed E-state index contributed by atoms with van der Waals surface area (Å²) in [6, 6.07) is 6.59. The van der Waals surface area contributed by atoms with Crippen LogP contribution < -0.4 is 15.4 Å². The molecule has 1 aliphatic heterocycles. The molecule has 1 amide bonds. The zero-order valence-corrected chi connectivity index (χ0v) is 14.1. The molecule has 1 heterocycles. The number of sulfonamides is 1. The van der Waals surface area contributed by atoms with E-state index in [1.807, 2.05) is 0 Å². The number of amides is 1. The van der Waals surface area contributed by atoms with Crippen LogP contribution in [0.5, 0.6) is 0 Å². The Bertz CT molecular complexity index is 675. The molecule has 0 unspecified atom stereocenters. The van der Waals surface area contributed by atoms with E-state index < -0.39 is 10.0 Å². The highest BCUT2D eigenvalue weighted by Crippen LogP contribution is 2.45. The van der Waals surface area contributed by atoms with E-state index in [4.69, 9.17) is 0 Å². The van der Waals surface area contributed by atoms with Crippen LogP contribution in [-0.2, 0) is 21.4 Å². The smallest absolute Gasteiger partial charge is 0.240 e. The minimum Gasteiger partial charge on any atom is -0.351 e. The second-order valence-electron chi connectivity index (χ2n) is 6.41. The lowest BCUT2D eigenvalue weighted by atomic mass is 9.80. The third kappa shape index (κ3) is 3.00. The SMILES string of the molecule is CNS(=O)(=O)c1ccc(CNC(=O)[C@@]23CCC[C@@H]2CNC3)cc1. The number of benzene rings is 1. The number of hydrogen-bond acceptors (Lipinski definition) is 4. The first-order chi connectivity index (χ1) is 11.0. The molecule has 126 valence electrons. The third-order valence-electron chi connectivity index (χ3n) is 5.20. The maximum Gasteiger partial charge on any atom is 0.240 e. The molecule has 1 saturated heterocycles. The summed E-state index contributed by atoms with van der Waals surface area (Å²) < 4.78 is 25.7. The number of carbonyl (C=O) groups excluding carboxylic acids is 1. The lowest BCUT2D eigenvalue weighted by molar-refractivity contribution is -0.131. The van der Waals surface area contributed by atoms with Crippen LogP contribution in [-0.4, -0.2) is 34.5 Å². The van der Waals surface area contributed by atoms with Crippen LogP contribution in [0.1, 0.15) is 24.8 Å². The standard InChI is InChI=1S/C16H23N3O3S/c1-17-23(21,22)14-6-4-12(5-7-14)9-19-15(20)16-8-2-3-13(16)10-18-11-16/h4-7,13,17-18H,2-3,8-11H2,1H3,(H,19,20)/t13-,16-/m1/s1. The third-order valence-corrected chi connectivity index (χ3v) is 6.63. The van der Waals surface area contributed by atoms with Gasteiger partial charge in [0.2, 0.25) is 15.9 Å². The maximum atomic E-state index is 12.6. The van der Waals surface area contributed by atoms with Gasteiger partial charge in [-0.05, 0) is 50.0 Å². The minimum absolute atomic E-state index is 0.122. The molecule has 0 aromatic heterocycles. The van der Waals surface area contributed by atoms with Crippen molar-refractivity contribution in [1.29, 1.82) is 0 Å². The van der Waals surface area contributed by atoms with Crippen LogP contribution in [0.4, 0.5) is 0 Å². The predicted octanol–water partition coefficient (Wildman–Crippen LogP) is 0.601. The lowest BCUT2D eigenvalue weighted by Gasteiger charge is -2.26. The molecular weight excluding hydrogens is 314 g/mol. The van der Waals surface area contributed by atoms with Crippen molar-refractivity contribution in [1.82, 2.24) is 15.4 Å². The molecule has 3 N–H and O–H groups in total. The Morgan fingerprint density at radius 1 is 1.35 bits per heavy atom. The van der Waals surface area contributed by atoms with E-state index in [-0.39, 0.29) is 16.2 Å². The van der Waals surface area contributed by atoms with Crippen LogP contribution in [0.25, 0.3) is 0 Å². The summed E-state index contributed by atoms with van der Waals surface area (Å²) in [4.78, 5) is 12.9. The molecule has 3 rings (SSSR count). The highest BCUT2D eigenvalue weighted by Gasteiger charge is 2.51. The average molecular weight is 337 g/mol. The molecule has 1 aromatic carbocycles. The first-order valence-corrected chi connectivity index (χ1v) is 9.48. The van der Waals surface area contributed by atoms with Gasteiger partial charge in [0, 0.05) is 13.1 Å². The fourth-order valence-corrected chi connectivity index (χ4v) is 4.52. The van der Waals surface area contributed by atoms with Crippen molar-refractivity contribution < 1.29 is 13.2 Å². The highest BCUT2D eigenvalue weighted by molar-refractivity contribution is 7.89. The normalized spacial score (nSPS) is 26.9. The topological polar surface area (TPSA) is 87.3 Å². The van der Waals surface area contributed by atoms with Gasteiger partial charge in [0.05, 0.1) is 10.3 Å². The monoisotopic (exact) mass is 337 g/mol. The first kappa shape index (κ1) is 16.4. The van der Waals surface area contributed by atoms with Gasteiger partial charge in [-0.15, -0.1) is 0 Å². The van der Waals surface area contributed by atoms with E-state index in [9.17, 15) is 13.2 Å². The Morgan fingerprint density at radius 3 is 2.78 bits per heavy atom. The van der Waals surface area contributed by atoms with E-state index in [1.165, 1.54) is 7.05 Å². The van der Waals surface area contributed by atoms with E-state index in [2.05, 4.69) is 15.4 Å². The lowest BCUT2D eigenvalue weighted by Crippen LogP contribution is -2.43. The Hall–Kier alpha value is -1.44.